The maximum Gasteiger partial charge on any atom is 0.338 e. The molecule has 2 unspecified atom stereocenters. The molecule has 2 bridgehead atoms. The average Bonchev–Trinajstić information content (AvgIpc) is 3.19. The molecule has 0 radical (unpaired) electrons. The predicted molar refractivity (Wildman–Crippen MR) is 96.5 cm³/mol. The molecule has 9 heteroatoms. The Morgan fingerprint density at radius 2 is 1.88 bits per heavy atom. The highest BCUT2D eigenvalue weighted by molar-refractivity contribution is 5.86. The summed E-state index contributed by atoms with van der Waals surface area (Å²) in [5.74, 6) is 0. The third-order valence-electron chi connectivity index (χ3n) is 5.68. The molecule has 2 fully saturated rings. The molecule has 4 heterocycles. The van der Waals surface area contributed by atoms with Gasteiger partial charge in [-0.3, -0.25) is 9.78 Å². The standard InChI is InChI=1S/C17H24N6O3/c1-3-21(4-2)17(26)23-15-13(14(24)20-16(23)25)18-9-22(15)12-7-10-5-6-11(8-12)19-10/h9-12,19H,3-8H2,1-2H3,(H,20,24,25). The quantitative estimate of drug-likeness (QED) is 0.836. The van der Waals surface area contributed by atoms with Crippen molar-refractivity contribution in [1.29, 1.82) is 0 Å². The SMILES string of the molecule is CCN(CC)C(=O)n1c(=O)[nH]c(=O)c2ncn(C3CC4CCC(C3)N4)c21. The van der Waals surface area contributed by atoms with Crippen molar-refractivity contribution < 1.29 is 4.79 Å². The van der Waals surface area contributed by atoms with Crippen LogP contribution < -0.4 is 16.6 Å². The van der Waals surface area contributed by atoms with Crippen molar-refractivity contribution in [2.24, 2.45) is 0 Å². The second-order valence-corrected chi connectivity index (χ2v) is 7.14. The fraction of sp³-hybridized carbons (Fsp3) is 0.647. The predicted octanol–water partition coefficient (Wildman–Crippen LogP) is 0.652. The van der Waals surface area contributed by atoms with Gasteiger partial charge in [-0.25, -0.2) is 14.6 Å². The fourth-order valence-corrected chi connectivity index (χ4v) is 4.38. The summed E-state index contributed by atoms with van der Waals surface area (Å²) in [6.45, 7) is 4.68. The van der Waals surface area contributed by atoms with Crippen LogP contribution in [0, 0.1) is 0 Å². The van der Waals surface area contributed by atoms with Crippen molar-refractivity contribution in [2.75, 3.05) is 13.1 Å². The molecule has 0 aromatic carbocycles. The third-order valence-corrected chi connectivity index (χ3v) is 5.68. The lowest BCUT2D eigenvalue weighted by atomic mass is 10.00. The molecule has 2 aliphatic heterocycles. The van der Waals surface area contributed by atoms with E-state index in [2.05, 4.69) is 15.3 Å². The number of hydrogen-bond acceptors (Lipinski definition) is 5. The molecule has 140 valence electrons. The van der Waals surface area contributed by atoms with E-state index in [1.165, 1.54) is 0 Å². The number of rotatable bonds is 3. The third kappa shape index (κ3) is 2.57. The molecular weight excluding hydrogens is 336 g/mol. The van der Waals surface area contributed by atoms with Gasteiger partial charge in [0.05, 0.1) is 6.33 Å². The van der Waals surface area contributed by atoms with Crippen molar-refractivity contribution in [1.82, 2.24) is 29.3 Å². The van der Waals surface area contributed by atoms with E-state index in [9.17, 15) is 14.4 Å². The number of carbonyl (C=O) groups is 1. The topological polar surface area (TPSA) is 105 Å². The first-order chi connectivity index (χ1) is 12.5. The monoisotopic (exact) mass is 360 g/mol. The van der Waals surface area contributed by atoms with Crippen LogP contribution in [-0.2, 0) is 0 Å². The minimum Gasteiger partial charge on any atom is -0.324 e. The largest absolute Gasteiger partial charge is 0.338 e. The number of amides is 1. The second kappa shape index (κ2) is 6.39. The summed E-state index contributed by atoms with van der Waals surface area (Å²) in [6.07, 6.45) is 5.69. The summed E-state index contributed by atoms with van der Waals surface area (Å²) in [5, 5.41) is 3.58. The molecule has 4 rings (SSSR count). The number of H-pyrrole nitrogens is 1. The summed E-state index contributed by atoms with van der Waals surface area (Å²) in [7, 11) is 0. The van der Waals surface area contributed by atoms with E-state index < -0.39 is 17.3 Å². The number of nitrogens with one attached hydrogen (secondary N) is 2. The number of piperidine rings is 1. The summed E-state index contributed by atoms with van der Waals surface area (Å²) < 4.78 is 2.93. The van der Waals surface area contributed by atoms with Crippen LogP contribution >= 0.6 is 0 Å². The van der Waals surface area contributed by atoms with E-state index in [0.717, 1.165) is 30.3 Å². The number of fused-ring (bicyclic) bond motifs is 3. The molecule has 2 aromatic heterocycles. The van der Waals surface area contributed by atoms with Gasteiger partial charge in [-0.05, 0) is 39.5 Å². The molecule has 0 aliphatic carbocycles. The van der Waals surface area contributed by atoms with Crippen LogP contribution in [0.3, 0.4) is 0 Å². The summed E-state index contributed by atoms with van der Waals surface area (Å²) >= 11 is 0. The second-order valence-electron chi connectivity index (χ2n) is 7.14. The molecule has 2 aliphatic rings. The molecule has 2 saturated heterocycles. The highest BCUT2D eigenvalue weighted by atomic mass is 16.2. The molecule has 0 spiro atoms. The van der Waals surface area contributed by atoms with Crippen molar-refractivity contribution in [3.63, 3.8) is 0 Å². The lowest BCUT2D eigenvalue weighted by molar-refractivity contribution is 0.204. The van der Waals surface area contributed by atoms with Gasteiger partial charge in [0.1, 0.15) is 0 Å². The van der Waals surface area contributed by atoms with Crippen LogP contribution in [0.25, 0.3) is 11.2 Å². The van der Waals surface area contributed by atoms with Gasteiger partial charge in [0, 0.05) is 31.2 Å². The summed E-state index contributed by atoms with van der Waals surface area (Å²) in [5.41, 5.74) is -0.819. The zero-order valence-corrected chi connectivity index (χ0v) is 15.1. The van der Waals surface area contributed by atoms with Crippen molar-refractivity contribution >= 4 is 17.2 Å². The van der Waals surface area contributed by atoms with Gasteiger partial charge in [-0.2, -0.15) is 4.57 Å². The Kier molecular flexibility index (Phi) is 4.18. The van der Waals surface area contributed by atoms with Gasteiger partial charge in [-0.1, -0.05) is 0 Å². The van der Waals surface area contributed by atoms with Crippen LogP contribution in [0.5, 0.6) is 0 Å². The number of aromatic amines is 1. The van der Waals surface area contributed by atoms with Crippen LogP contribution in [0.15, 0.2) is 15.9 Å². The zero-order valence-electron chi connectivity index (χ0n) is 15.1. The zero-order chi connectivity index (χ0) is 18.4. The minimum absolute atomic E-state index is 0.121. The Balaban J connectivity index is 1.89. The van der Waals surface area contributed by atoms with E-state index in [1.807, 2.05) is 18.4 Å². The van der Waals surface area contributed by atoms with Crippen molar-refractivity contribution in [3.05, 3.63) is 27.2 Å². The number of hydrogen-bond donors (Lipinski definition) is 2. The summed E-state index contributed by atoms with van der Waals surface area (Å²) in [4.78, 5) is 45.7. The molecule has 2 aromatic rings. The first-order valence-corrected chi connectivity index (χ1v) is 9.30. The Hall–Kier alpha value is -2.42. The number of imidazole rings is 1. The maximum absolute atomic E-state index is 12.9. The lowest BCUT2D eigenvalue weighted by Gasteiger charge is -2.30. The fourth-order valence-electron chi connectivity index (χ4n) is 4.38. The van der Waals surface area contributed by atoms with Crippen molar-refractivity contribution in [3.8, 4) is 0 Å². The normalized spacial score (nSPS) is 24.9. The minimum atomic E-state index is -0.710. The van der Waals surface area contributed by atoms with Crippen LogP contribution in [-0.4, -0.2) is 55.2 Å². The van der Waals surface area contributed by atoms with Gasteiger partial charge in [0.25, 0.3) is 5.56 Å². The Morgan fingerprint density at radius 3 is 2.50 bits per heavy atom. The van der Waals surface area contributed by atoms with E-state index in [0.29, 0.717) is 30.8 Å². The van der Waals surface area contributed by atoms with Gasteiger partial charge < -0.3 is 14.8 Å². The van der Waals surface area contributed by atoms with E-state index >= 15 is 0 Å². The van der Waals surface area contributed by atoms with Crippen LogP contribution in [0.1, 0.15) is 45.6 Å². The highest BCUT2D eigenvalue weighted by Crippen LogP contribution is 2.35. The Bertz CT molecular complexity index is 942. The number of nitrogens with zero attached hydrogens (tertiary/aromatic N) is 4. The molecule has 2 atom stereocenters. The van der Waals surface area contributed by atoms with E-state index in [1.54, 1.807) is 11.2 Å². The van der Waals surface area contributed by atoms with Gasteiger partial charge in [0.15, 0.2) is 11.2 Å². The molecule has 2 N–H and O–H groups in total. The maximum atomic E-state index is 12.9. The van der Waals surface area contributed by atoms with Crippen LogP contribution in [0.2, 0.25) is 0 Å². The highest BCUT2D eigenvalue weighted by Gasteiger charge is 2.35. The van der Waals surface area contributed by atoms with Gasteiger partial charge in [-0.15, -0.1) is 0 Å². The first-order valence-electron chi connectivity index (χ1n) is 9.30. The molecule has 26 heavy (non-hydrogen) atoms. The first kappa shape index (κ1) is 17.0. The smallest absolute Gasteiger partial charge is 0.324 e. The summed E-state index contributed by atoms with van der Waals surface area (Å²) in [6, 6.07) is 0.573. The van der Waals surface area contributed by atoms with Gasteiger partial charge in [0.2, 0.25) is 0 Å². The Morgan fingerprint density at radius 1 is 1.23 bits per heavy atom. The molecule has 9 nitrogen and oxygen atoms in total. The van der Waals surface area contributed by atoms with E-state index in [-0.39, 0.29) is 11.6 Å². The molecule has 0 saturated carbocycles. The lowest BCUT2D eigenvalue weighted by Crippen LogP contribution is -2.44. The van der Waals surface area contributed by atoms with Gasteiger partial charge >= 0.3 is 11.7 Å². The van der Waals surface area contributed by atoms with Crippen LogP contribution in [0.4, 0.5) is 4.79 Å². The number of carbonyl (C=O) groups excluding carboxylic acids is 1. The Labute approximate surface area is 150 Å². The number of aromatic nitrogens is 4. The van der Waals surface area contributed by atoms with Crippen molar-refractivity contribution in [2.45, 2.75) is 57.7 Å². The average molecular weight is 360 g/mol. The molecule has 1 amide bonds. The molecular formula is C17H24N6O3. The van der Waals surface area contributed by atoms with E-state index in [4.69, 9.17) is 0 Å².